The Balaban J connectivity index is 2.18. The van der Waals surface area contributed by atoms with Crippen LogP contribution in [0, 0.1) is 0 Å². The number of nitrogens with zero attached hydrogens (tertiary/aromatic N) is 1. The normalized spacial score (nSPS) is 16.1. The van der Waals surface area contributed by atoms with E-state index in [-0.39, 0.29) is 6.17 Å². The number of benzene rings is 1. The fraction of sp³-hybridized carbons (Fsp3) is 0.571. The van der Waals surface area contributed by atoms with Gasteiger partial charge in [0.2, 0.25) is 0 Å². The van der Waals surface area contributed by atoms with Crippen molar-refractivity contribution in [3.63, 3.8) is 0 Å². The van der Waals surface area contributed by atoms with Crippen molar-refractivity contribution in [3.8, 4) is 0 Å². The summed E-state index contributed by atoms with van der Waals surface area (Å²) in [6.45, 7) is 5.45. The van der Waals surface area contributed by atoms with Gasteiger partial charge < -0.3 is 10.6 Å². The van der Waals surface area contributed by atoms with E-state index in [0.29, 0.717) is 0 Å². The molecule has 2 nitrogen and oxygen atoms in total. The third-order valence-corrected chi connectivity index (χ3v) is 4.48. The molecule has 1 unspecified atom stereocenters. The zero-order chi connectivity index (χ0) is 12.3. The molecule has 0 fully saturated rings. The lowest BCUT2D eigenvalue weighted by atomic mass is 10.2. The largest absolute Gasteiger partial charge is 0.356 e. The minimum Gasteiger partial charge on any atom is -0.356 e. The van der Waals surface area contributed by atoms with Gasteiger partial charge in [0.05, 0.1) is 6.17 Å². The molecule has 0 saturated heterocycles. The molecule has 0 saturated carbocycles. The van der Waals surface area contributed by atoms with E-state index in [1.54, 1.807) is 0 Å². The first-order chi connectivity index (χ1) is 8.26. The molecule has 1 aliphatic rings. The molecule has 94 valence electrons. The zero-order valence-electron chi connectivity index (χ0n) is 10.8. The molecule has 1 heterocycles. The van der Waals surface area contributed by atoms with Crippen LogP contribution in [-0.4, -0.2) is 18.5 Å². The van der Waals surface area contributed by atoms with Crippen molar-refractivity contribution in [2.45, 2.75) is 44.2 Å². The number of thioether (sulfide) groups is 1. The van der Waals surface area contributed by atoms with Crippen LogP contribution in [0.1, 0.15) is 32.3 Å². The number of anilines is 1. The van der Waals surface area contributed by atoms with Gasteiger partial charge in [0, 0.05) is 17.1 Å². The van der Waals surface area contributed by atoms with Crippen LogP contribution < -0.4 is 10.6 Å². The van der Waals surface area contributed by atoms with Crippen LogP contribution in [-0.2, 0) is 6.42 Å². The van der Waals surface area contributed by atoms with Gasteiger partial charge in [-0.15, -0.1) is 11.8 Å². The fourth-order valence-corrected chi connectivity index (χ4v) is 3.06. The molecule has 3 heteroatoms. The summed E-state index contributed by atoms with van der Waals surface area (Å²) in [4.78, 5) is 3.73. The second kappa shape index (κ2) is 5.78. The van der Waals surface area contributed by atoms with Crippen LogP contribution in [0.5, 0.6) is 0 Å². The Labute approximate surface area is 109 Å². The minimum atomic E-state index is 0.169. The molecule has 17 heavy (non-hydrogen) atoms. The molecule has 2 N–H and O–H groups in total. The second-order valence-corrected chi connectivity index (χ2v) is 5.73. The van der Waals surface area contributed by atoms with Gasteiger partial charge in [-0.1, -0.05) is 19.9 Å². The zero-order valence-corrected chi connectivity index (χ0v) is 11.6. The van der Waals surface area contributed by atoms with Crippen molar-refractivity contribution >= 4 is 17.4 Å². The monoisotopic (exact) mass is 250 g/mol. The Kier molecular flexibility index (Phi) is 4.35. The van der Waals surface area contributed by atoms with Crippen molar-refractivity contribution in [1.82, 2.24) is 0 Å². The lowest BCUT2D eigenvalue weighted by Crippen LogP contribution is -2.40. The highest BCUT2D eigenvalue weighted by molar-refractivity contribution is 7.99. The van der Waals surface area contributed by atoms with E-state index in [1.165, 1.54) is 28.3 Å². The molecule has 0 aliphatic carbocycles. The molecule has 2 rings (SSSR count). The lowest BCUT2D eigenvalue weighted by molar-refractivity contribution is 0.610. The van der Waals surface area contributed by atoms with Crippen LogP contribution in [0.4, 0.5) is 5.69 Å². The second-order valence-electron chi connectivity index (χ2n) is 4.56. The average Bonchev–Trinajstić information content (AvgIpc) is 2.78. The fourth-order valence-electron chi connectivity index (χ4n) is 2.26. The third kappa shape index (κ3) is 2.78. The Hall–Kier alpha value is -0.670. The highest BCUT2D eigenvalue weighted by Crippen LogP contribution is 2.33. The molecular weight excluding hydrogens is 228 g/mol. The lowest BCUT2D eigenvalue weighted by Gasteiger charge is -2.26. The highest BCUT2D eigenvalue weighted by Gasteiger charge is 2.22. The molecule has 1 aromatic carbocycles. The first kappa shape index (κ1) is 12.8. The summed E-state index contributed by atoms with van der Waals surface area (Å²) < 4.78 is 0. The molecule has 1 aromatic rings. The van der Waals surface area contributed by atoms with E-state index in [1.807, 2.05) is 11.8 Å². The highest BCUT2D eigenvalue weighted by atomic mass is 32.2. The van der Waals surface area contributed by atoms with E-state index in [4.69, 9.17) is 5.73 Å². The first-order valence-electron chi connectivity index (χ1n) is 6.54. The number of hydrogen-bond acceptors (Lipinski definition) is 3. The molecule has 0 aromatic heterocycles. The van der Waals surface area contributed by atoms with Gasteiger partial charge in [0.1, 0.15) is 0 Å². The third-order valence-electron chi connectivity index (χ3n) is 3.28. The van der Waals surface area contributed by atoms with Crippen LogP contribution >= 0.6 is 11.8 Å². The Bertz CT molecular complexity index is 378. The van der Waals surface area contributed by atoms with Crippen molar-refractivity contribution < 1.29 is 0 Å². The van der Waals surface area contributed by atoms with Crippen LogP contribution in [0.3, 0.4) is 0 Å². The van der Waals surface area contributed by atoms with Crippen LogP contribution in [0.2, 0.25) is 0 Å². The van der Waals surface area contributed by atoms with E-state index >= 15 is 0 Å². The molecule has 0 radical (unpaired) electrons. The molecule has 0 bridgehead atoms. The predicted octanol–water partition coefficient (Wildman–Crippen LogP) is 3.25. The van der Waals surface area contributed by atoms with Crippen LogP contribution in [0.15, 0.2) is 23.1 Å². The van der Waals surface area contributed by atoms with E-state index in [0.717, 1.165) is 19.4 Å². The molecule has 0 amide bonds. The summed E-state index contributed by atoms with van der Waals surface area (Å²) >= 11 is 1.94. The SMILES string of the molecule is CCCSc1ccc2c(c1)N(C(N)CC)CC2. The van der Waals surface area contributed by atoms with E-state index in [2.05, 4.69) is 36.9 Å². The van der Waals surface area contributed by atoms with Gasteiger partial charge in [-0.05, 0) is 42.7 Å². The number of nitrogens with two attached hydrogens (primary N) is 1. The summed E-state index contributed by atoms with van der Waals surface area (Å²) in [5.41, 5.74) is 8.98. The summed E-state index contributed by atoms with van der Waals surface area (Å²) in [6, 6.07) is 6.84. The molecule has 1 aliphatic heterocycles. The quantitative estimate of drug-likeness (QED) is 0.813. The van der Waals surface area contributed by atoms with Gasteiger partial charge in [-0.3, -0.25) is 0 Å². The maximum Gasteiger partial charge on any atom is 0.0768 e. The van der Waals surface area contributed by atoms with Gasteiger partial charge in [-0.2, -0.15) is 0 Å². The Morgan fingerprint density at radius 3 is 2.94 bits per heavy atom. The van der Waals surface area contributed by atoms with Crippen molar-refractivity contribution in [3.05, 3.63) is 23.8 Å². The average molecular weight is 250 g/mol. The summed E-state index contributed by atoms with van der Waals surface area (Å²) in [5, 5.41) is 0. The van der Waals surface area contributed by atoms with Gasteiger partial charge in [0.15, 0.2) is 0 Å². The summed E-state index contributed by atoms with van der Waals surface area (Å²) in [6.07, 6.45) is 3.54. The maximum atomic E-state index is 6.16. The standard InChI is InChI=1S/C14H22N2S/c1-3-9-17-12-6-5-11-7-8-16(13(11)10-12)14(15)4-2/h5-6,10,14H,3-4,7-9,15H2,1-2H3. The Morgan fingerprint density at radius 1 is 1.41 bits per heavy atom. The van der Waals surface area contributed by atoms with Crippen LogP contribution in [0.25, 0.3) is 0 Å². The molecular formula is C14H22N2S. The van der Waals surface area contributed by atoms with Crippen molar-refractivity contribution in [2.75, 3.05) is 17.2 Å². The number of rotatable bonds is 5. The summed E-state index contributed by atoms with van der Waals surface area (Å²) in [7, 11) is 0. The number of hydrogen-bond donors (Lipinski definition) is 1. The Morgan fingerprint density at radius 2 is 2.24 bits per heavy atom. The van der Waals surface area contributed by atoms with E-state index in [9.17, 15) is 0 Å². The van der Waals surface area contributed by atoms with Crippen molar-refractivity contribution in [1.29, 1.82) is 0 Å². The first-order valence-corrected chi connectivity index (χ1v) is 7.52. The minimum absolute atomic E-state index is 0.169. The van der Waals surface area contributed by atoms with Crippen molar-refractivity contribution in [2.24, 2.45) is 5.73 Å². The smallest absolute Gasteiger partial charge is 0.0768 e. The summed E-state index contributed by atoms with van der Waals surface area (Å²) in [5.74, 6) is 1.19. The topological polar surface area (TPSA) is 29.3 Å². The van der Waals surface area contributed by atoms with Gasteiger partial charge >= 0.3 is 0 Å². The molecule has 1 atom stereocenters. The maximum absolute atomic E-state index is 6.16. The number of fused-ring (bicyclic) bond motifs is 1. The van der Waals surface area contributed by atoms with Gasteiger partial charge in [-0.25, -0.2) is 0 Å². The molecule has 0 spiro atoms. The predicted molar refractivity (Wildman–Crippen MR) is 76.8 cm³/mol. The van der Waals surface area contributed by atoms with E-state index < -0.39 is 0 Å². The van der Waals surface area contributed by atoms with Gasteiger partial charge in [0.25, 0.3) is 0 Å².